The predicted molar refractivity (Wildman–Crippen MR) is 101 cm³/mol. The molecule has 0 unspecified atom stereocenters. The van der Waals surface area contributed by atoms with Crippen LogP contribution in [0.1, 0.15) is 47.6 Å². The van der Waals surface area contributed by atoms with Crippen LogP contribution in [0.25, 0.3) is 5.65 Å². The molecule has 0 aliphatic heterocycles. The summed E-state index contributed by atoms with van der Waals surface area (Å²) in [5.41, 5.74) is 3.05. The van der Waals surface area contributed by atoms with Crippen molar-refractivity contribution in [1.82, 2.24) is 19.5 Å². The van der Waals surface area contributed by atoms with Crippen LogP contribution in [0, 0.1) is 12.7 Å². The Hall–Kier alpha value is -2.96. The summed E-state index contributed by atoms with van der Waals surface area (Å²) in [4.78, 5) is 31.3. The molecule has 0 radical (unpaired) electrons. The van der Waals surface area contributed by atoms with Crippen LogP contribution in [-0.2, 0) is 13.0 Å². The first-order valence-corrected chi connectivity index (χ1v) is 9.09. The third kappa shape index (κ3) is 3.77. The Labute approximate surface area is 156 Å². The van der Waals surface area contributed by atoms with Gasteiger partial charge in [0.1, 0.15) is 5.82 Å². The van der Waals surface area contributed by atoms with E-state index in [0.29, 0.717) is 36.4 Å². The second kappa shape index (κ2) is 7.73. The van der Waals surface area contributed by atoms with Crippen molar-refractivity contribution in [1.29, 1.82) is 0 Å². The van der Waals surface area contributed by atoms with Crippen molar-refractivity contribution in [3.8, 4) is 0 Å². The van der Waals surface area contributed by atoms with Crippen molar-refractivity contribution in [3.63, 3.8) is 0 Å². The van der Waals surface area contributed by atoms with Crippen LogP contribution < -0.4 is 5.56 Å². The Kier molecular flexibility index (Phi) is 5.39. The average molecular weight is 370 g/mol. The molecule has 0 aliphatic rings. The lowest BCUT2D eigenvalue weighted by Crippen LogP contribution is -2.32. The van der Waals surface area contributed by atoms with Crippen molar-refractivity contribution in [2.75, 3.05) is 6.54 Å². The third-order valence-corrected chi connectivity index (χ3v) is 4.48. The van der Waals surface area contributed by atoms with Gasteiger partial charge >= 0.3 is 0 Å². The number of amides is 1. The van der Waals surface area contributed by atoms with E-state index in [1.807, 2.05) is 13.8 Å². The molecule has 0 spiro atoms. The highest BCUT2D eigenvalue weighted by Gasteiger charge is 2.20. The number of halogens is 1. The van der Waals surface area contributed by atoms with E-state index in [1.165, 1.54) is 28.8 Å². The molecule has 0 bridgehead atoms. The van der Waals surface area contributed by atoms with E-state index >= 15 is 0 Å². The Morgan fingerprint density at radius 3 is 2.74 bits per heavy atom. The molecular weight excluding hydrogens is 347 g/mol. The minimum atomic E-state index is -0.441. The molecule has 7 heteroatoms. The molecule has 3 aromatic rings. The van der Waals surface area contributed by atoms with Crippen LogP contribution in [0.3, 0.4) is 0 Å². The van der Waals surface area contributed by atoms with Gasteiger partial charge in [0.15, 0.2) is 5.65 Å². The van der Waals surface area contributed by atoms with Crippen molar-refractivity contribution in [2.45, 2.75) is 40.2 Å². The van der Waals surface area contributed by atoms with E-state index in [1.54, 1.807) is 17.9 Å². The molecule has 1 amide bonds. The number of fused-ring (bicyclic) bond motifs is 1. The van der Waals surface area contributed by atoms with E-state index in [0.717, 1.165) is 17.7 Å². The van der Waals surface area contributed by atoms with Crippen LogP contribution in [0.2, 0.25) is 0 Å². The number of aromatic nitrogens is 3. The molecule has 1 N–H and O–H groups in total. The fraction of sp³-hybridized carbons (Fsp3) is 0.350. The van der Waals surface area contributed by atoms with Gasteiger partial charge in [-0.3, -0.25) is 14.7 Å². The highest BCUT2D eigenvalue weighted by atomic mass is 19.1. The van der Waals surface area contributed by atoms with E-state index in [2.05, 4.69) is 10.1 Å². The number of H-pyrrole nitrogens is 1. The largest absolute Gasteiger partial charge is 0.333 e. The number of hydrogen-bond donors (Lipinski definition) is 1. The summed E-state index contributed by atoms with van der Waals surface area (Å²) in [6.45, 7) is 6.57. The van der Waals surface area contributed by atoms with Gasteiger partial charge in [0, 0.05) is 29.4 Å². The van der Waals surface area contributed by atoms with Gasteiger partial charge in [-0.15, -0.1) is 0 Å². The standard InChI is InChI=1S/C20H23FN4O2/c1-4-9-24(20(27)14-7-6-8-15(21)11-14)12-17-16(5-2)19-22-13(3)10-18(26)25(19)23-17/h6-8,10-11,23H,4-5,9,12H2,1-3H3. The van der Waals surface area contributed by atoms with Crippen LogP contribution in [-0.4, -0.2) is 31.9 Å². The van der Waals surface area contributed by atoms with Gasteiger partial charge in [-0.05, 0) is 38.0 Å². The molecule has 0 saturated carbocycles. The summed E-state index contributed by atoms with van der Waals surface area (Å²) in [5.74, 6) is -0.683. The molecule has 1 aromatic carbocycles. The summed E-state index contributed by atoms with van der Waals surface area (Å²) in [6, 6.07) is 7.16. The van der Waals surface area contributed by atoms with E-state index < -0.39 is 5.82 Å². The highest BCUT2D eigenvalue weighted by Crippen LogP contribution is 2.18. The normalized spacial score (nSPS) is 11.1. The molecule has 3 rings (SSSR count). The highest BCUT2D eigenvalue weighted by molar-refractivity contribution is 5.94. The van der Waals surface area contributed by atoms with Crippen molar-refractivity contribution in [2.24, 2.45) is 0 Å². The number of carbonyl (C=O) groups is 1. The molecule has 27 heavy (non-hydrogen) atoms. The van der Waals surface area contributed by atoms with Gasteiger partial charge in [-0.25, -0.2) is 13.9 Å². The third-order valence-electron chi connectivity index (χ3n) is 4.48. The summed E-state index contributed by atoms with van der Waals surface area (Å²) < 4.78 is 14.9. The molecular formula is C20H23FN4O2. The topological polar surface area (TPSA) is 70.5 Å². The molecule has 0 fully saturated rings. The summed E-state index contributed by atoms with van der Waals surface area (Å²) in [5, 5.41) is 3.09. The minimum absolute atomic E-state index is 0.183. The van der Waals surface area contributed by atoms with Gasteiger partial charge in [-0.2, -0.15) is 0 Å². The maximum absolute atomic E-state index is 13.5. The average Bonchev–Trinajstić information content (AvgIpc) is 2.98. The number of rotatable bonds is 6. The molecule has 0 saturated heterocycles. The Bertz CT molecular complexity index is 1040. The molecule has 0 atom stereocenters. The second-order valence-corrected chi connectivity index (χ2v) is 6.55. The summed E-state index contributed by atoms with van der Waals surface area (Å²) in [6.07, 6.45) is 1.44. The smallest absolute Gasteiger partial charge is 0.272 e. The monoisotopic (exact) mass is 370 g/mol. The maximum Gasteiger partial charge on any atom is 0.272 e. The predicted octanol–water partition coefficient (Wildman–Crippen LogP) is 3.08. The number of nitrogens with zero attached hydrogens (tertiary/aromatic N) is 3. The first kappa shape index (κ1) is 18.8. The zero-order chi connectivity index (χ0) is 19.6. The van der Waals surface area contributed by atoms with Gasteiger partial charge in [-0.1, -0.05) is 19.9 Å². The van der Waals surface area contributed by atoms with Crippen LogP contribution in [0.5, 0.6) is 0 Å². The Balaban J connectivity index is 2.01. The lowest BCUT2D eigenvalue weighted by atomic mass is 10.1. The Morgan fingerprint density at radius 1 is 1.30 bits per heavy atom. The van der Waals surface area contributed by atoms with Crippen LogP contribution >= 0.6 is 0 Å². The fourth-order valence-electron chi connectivity index (χ4n) is 3.26. The number of aryl methyl sites for hydroxylation is 2. The minimum Gasteiger partial charge on any atom is -0.333 e. The lowest BCUT2D eigenvalue weighted by Gasteiger charge is -2.22. The summed E-state index contributed by atoms with van der Waals surface area (Å²) >= 11 is 0. The van der Waals surface area contributed by atoms with Crippen molar-refractivity contribution >= 4 is 11.6 Å². The first-order chi connectivity index (χ1) is 12.9. The van der Waals surface area contributed by atoms with E-state index in [4.69, 9.17) is 0 Å². The van der Waals surface area contributed by atoms with E-state index in [9.17, 15) is 14.0 Å². The zero-order valence-electron chi connectivity index (χ0n) is 15.8. The van der Waals surface area contributed by atoms with Crippen LogP contribution in [0.15, 0.2) is 35.1 Å². The lowest BCUT2D eigenvalue weighted by molar-refractivity contribution is 0.0740. The van der Waals surface area contributed by atoms with E-state index in [-0.39, 0.29) is 11.5 Å². The van der Waals surface area contributed by atoms with Crippen LogP contribution in [0.4, 0.5) is 4.39 Å². The number of hydrogen-bond acceptors (Lipinski definition) is 3. The molecule has 6 nitrogen and oxygen atoms in total. The van der Waals surface area contributed by atoms with Gasteiger partial charge in [0.25, 0.3) is 11.5 Å². The molecule has 0 aliphatic carbocycles. The second-order valence-electron chi connectivity index (χ2n) is 6.55. The summed E-state index contributed by atoms with van der Waals surface area (Å²) in [7, 11) is 0. The van der Waals surface area contributed by atoms with Gasteiger partial charge < -0.3 is 4.90 Å². The first-order valence-electron chi connectivity index (χ1n) is 9.09. The van der Waals surface area contributed by atoms with Crippen molar-refractivity contribution in [3.05, 3.63) is 69.0 Å². The molecule has 2 heterocycles. The number of nitrogens with one attached hydrogen (secondary N) is 1. The molecule has 142 valence electrons. The number of benzene rings is 1. The fourth-order valence-corrected chi connectivity index (χ4v) is 3.26. The van der Waals surface area contributed by atoms with Crippen molar-refractivity contribution < 1.29 is 9.18 Å². The van der Waals surface area contributed by atoms with Gasteiger partial charge in [0.05, 0.1) is 12.2 Å². The Morgan fingerprint density at radius 2 is 2.07 bits per heavy atom. The van der Waals surface area contributed by atoms with Gasteiger partial charge in [0.2, 0.25) is 0 Å². The SMILES string of the molecule is CCCN(Cc1[nH]n2c(=O)cc(C)nc2c1CC)C(=O)c1cccc(F)c1. The molecule has 2 aromatic heterocycles. The maximum atomic E-state index is 13.5. The number of aromatic amines is 1. The zero-order valence-corrected chi connectivity index (χ0v) is 15.8. The number of carbonyl (C=O) groups excluding carboxylic acids is 1. The quantitative estimate of drug-likeness (QED) is 0.725.